The second kappa shape index (κ2) is 3.21. The molecular weight excluding hydrogens is 160 g/mol. The van der Waals surface area contributed by atoms with Gasteiger partial charge in [0.15, 0.2) is 6.20 Å². The molecule has 2 nitrogen and oxygen atoms in total. The van der Waals surface area contributed by atoms with E-state index in [1.807, 2.05) is 0 Å². The molecular formula is C11H15N2+. The third kappa shape index (κ3) is 1.44. The Bertz CT molecular complexity index is 376. The van der Waals surface area contributed by atoms with Crippen molar-refractivity contribution in [1.82, 2.24) is 4.57 Å². The fourth-order valence-corrected chi connectivity index (χ4v) is 1.69. The Hall–Kier alpha value is -1.31. The maximum absolute atomic E-state index is 2.30. The third-order valence-corrected chi connectivity index (χ3v) is 2.31. The summed E-state index contributed by atoms with van der Waals surface area (Å²) in [4.78, 5) is 0. The van der Waals surface area contributed by atoms with Gasteiger partial charge in [0.2, 0.25) is 5.69 Å². The minimum atomic E-state index is 1.11. The van der Waals surface area contributed by atoms with Gasteiger partial charge in [0, 0.05) is 38.0 Å². The molecule has 0 radical (unpaired) electrons. The highest BCUT2D eigenvalue weighted by molar-refractivity contribution is 5.55. The highest BCUT2D eigenvalue weighted by Gasteiger charge is 2.15. The van der Waals surface area contributed by atoms with Gasteiger partial charge in [-0.1, -0.05) is 6.92 Å². The van der Waals surface area contributed by atoms with Crippen LogP contribution < -0.4 is 4.57 Å². The highest BCUT2D eigenvalue weighted by atomic mass is 15.0. The zero-order valence-electron chi connectivity index (χ0n) is 8.20. The van der Waals surface area contributed by atoms with E-state index in [9.17, 15) is 0 Å². The number of aromatic nitrogens is 2. The lowest BCUT2D eigenvalue weighted by atomic mass is 10.2. The van der Waals surface area contributed by atoms with Gasteiger partial charge in [-0.3, -0.25) is 0 Å². The first kappa shape index (κ1) is 8.30. The molecule has 0 aliphatic carbocycles. The van der Waals surface area contributed by atoms with Crippen molar-refractivity contribution in [3.8, 4) is 11.3 Å². The number of nitrogens with zero attached hydrogens (tertiary/aromatic N) is 2. The molecule has 2 aliphatic rings. The highest BCUT2D eigenvalue weighted by Crippen LogP contribution is 2.16. The summed E-state index contributed by atoms with van der Waals surface area (Å²) in [6.07, 6.45) is 7.59. The molecule has 0 aromatic heterocycles. The summed E-state index contributed by atoms with van der Waals surface area (Å²) in [5, 5.41) is 0. The zero-order chi connectivity index (χ0) is 9.26. The summed E-state index contributed by atoms with van der Waals surface area (Å²) in [5.41, 5.74) is 2.65. The van der Waals surface area contributed by atoms with E-state index in [4.69, 9.17) is 0 Å². The molecule has 2 heterocycles. The molecule has 0 fully saturated rings. The van der Waals surface area contributed by atoms with E-state index in [0.29, 0.717) is 0 Å². The van der Waals surface area contributed by atoms with E-state index in [1.54, 1.807) is 0 Å². The van der Waals surface area contributed by atoms with Gasteiger partial charge in [0.05, 0.1) is 5.56 Å². The predicted molar refractivity (Wildman–Crippen MR) is 52.5 cm³/mol. The van der Waals surface area contributed by atoms with Crippen LogP contribution in [0.4, 0.5) is 0 Å². The summed E-state index contributed by atoms with van der Waals surface area (Å²) >= 11 is 0. The van der Waals surface area contributed by atoms with Crippen LogP contribution in [-0.4, -0.2) is 4.57 Å². The Morgan fingerprint density at radius 2 is 2.23 bits per heavy atom. The first-order valence-corrected chi connectivity index (χ1v) is 4.75. The number of rotatable bonds is 2. The van der Waals surface area contributed by atoms with Crippen molar-refractivity contribution in [2.45, 2.75) is 19.9 Å². The topological polar surface area (TPSA) is 8.81 Å². The first-order valence-electron chi connectivity index (χ1n) is 4.75. The van der Waals surface area contributed by atoms with Gasteiger partial charge < -0.3 is 4.57 Å². The molecule has 0 spiro atoms. The van der Waals surface area contributed by atoms with Crippen molar-refractivity contribution >= 4 is 0 Å². The average molecular weight is 175 g/mol. The van der Waals surface area contributed by atoms with Crippen molar-refractivity contribution in [2.24, 2.45) is 7.05 Å². The van der Waals surface area contributed by atoms with Gasteiger partial charge in [-0.25, -0.2) is 0 Å². The zero-order valence-corrected chi connectivity index (χ0v) is 8.20. The van der Waals surface area contributed by atoms with E-state index in [-0.39, 0.29) is 0 Å². The molecule has 2 rings (SSSR count). The second-order valence-corrected chi connectivity index (χ2v) is 3.46. The summed E-state index contributed by atoms with van der Waals surface area (Å²) in [6.45, 7) is 3.31. The van der Waals surface area contributed by atoms with Gasteiger partial charge in [0.25, 0.3) is 0 Å². The quantitative estimate of drug-likeness (QED) is 0.616. The normalized spacial score (nSPS) is 10.9. The fraction of sp³-hybridized carbons (Fsp3) is 0.364. The number of pyridine rings is 1. The van der Waals surface area contributed by atoms with Crippen molar-refractivity contribution in [2.75, 3.05) is 0 Å². The Balaban J connectivity index is 2.47. The van der Waals surface area contributed by atoms with Crippen LogP contribution in [0.1, 0.15) is 13.3 Å². The molecule has 13 heavy (non-hydrogen) atoms. The molecule has 2 aliphatic heterocycles. The number of hydrogen-bond donors (Lipinski definition) is 0. The minimum absolute atomic E-state index is 1.11. The molecule has 68 valence electrons. The van der Waals surface area contributed by atoms with E-state index in [2.05, 4.69) is 53.8 Å². The summed E-state index contributed by atoms with van der Waals surface area (Å²) in [7, 11) is 2.05. The average Bonchev–Trinajstić information content (AvgIpc) is 2.49. The Labute approximate surface area is 78.8 Å². The number of hydrogen-bond acceptors (Lipinski definition) is 0. The van der Waals surface area contributed by atoms with Gasteiger partial charge in [0.1, 0.15) is 6.54 Å². The standard InChI is InChI=1S/C11H15N2/c1-3-6-13-8-4-10-9-12(2)7-5-11(10)13/h4-5,7-9H,3,6H2,1-2H3/q+1. The number of aryl methyl sites for hydroxylation is 2. The monoisotopic (exact) mass is 175 g/mol. The van der Waals surface area contributed by atoms with Gasteiger partial charge in [-0.15, -0.1) is 0 Å². The molecule has 0 saturated carbocycles. The molecule has 2 heteroatoms. The Kier molecular flexibility index (Phi) is 2.05. The van der Waals surface area contributed by atoms with Crippen LogP contribution in [0, 0.1) is 0 Å². The van der Waals surface area contributed by atoms with Crippen LogP contribution in [0.2, 0.25) is 0 Å². The SMILES string of the molecule is CCC[n+]1ccc2cn(C)ccc1-2. The fourth-order valence-electron chi connectivity index (χ4n) is 1.69. The van der Waals surface area contributed by atoms with Crippen molar-refractivity contribution in [3.63, 3.8) is 0 Å². The second-order valence-electron chi connectivity index (χ2n) is 3.46. The van der Waals surface area contributed by atoms with Crippen molar-refractivity contribution < 1.29 is 4.57 Å². The van der Waals surface area contributed by atoms with Crippen LogP contribution in [0.25, 0.3) is 11.3 Å². The van der Waals surface area contributed by atoms with Crippen LogP contribution in [-0.2, 0) is 13.6 Å². The van der Waals surface area contributed by atoms with Crippen molar-refractivity contribution in [1.29, 1.82) is 0 Å². The molecule has 0 amide bonds. The Morgan fingerprint density at radius 1 is 1.38 bits per heavy atom. The van der Waals surface area contributed by atoms with Crippen LogP contribution in [0.15, 0.2) is 30.7 Å². The van der Waals surface area contributed by atoms with Crippen LogP contribution in [0.5, 0.6) is 0 Å². The van der Waals surface area contributed by atoms with Gasteiger partial charge >= 0.3 is 0 Å². The van der Waals surface area contributed by atoms with E-state index < -0.39 is 0 Å². The molecule has 0 aromatic rings. The molecule has 0 unspecified atom stereocenters. The summed E-state index contributed by atoms with van der Waals surface area (Å²) < 4.78 is 4.38. The maximum Gasteiger partial charge on any atom is 0.215 e. The molecule has 0 saturated heterocycles. The lowest BCUT2D eigenvalue weighted by Gasteiger charge is -2.00. The van der Waals surface area contributed by atoms with E-state index in [0.717, 1.165) is 6.54 Å². The molecule has 0 bridgehead atoms. The lowest BCUT2D eigenvalue weighted by molar-refractivity contribution is -0.683. The summed E-state index contributed by atoms with van der Waals surface area (Å²) in [5.74, 6) is 0. The van der Waals surface area contributed by atoms with E-state index in [1.165, 1.54) is 17.7 Å². The molecule has 0 atom stereocenters. The maximum atomic E-state index is 2.30. The van der Waals surface area contributed by atoms with E-state index >= 15 is 0 Å². The van der Waals surface area contributed by atoms with Crippen LogP contribution >= 0.6 is 0 Å². The van der Waals surface area contributed by atoms with Crippen LogP contribution in [0.3, 0.4) is 0 Å². The first-order chi connectivity index (χ1) is 6.31. The molecule has 0 N–H and O–H groups in total. The van der Waals surface area contributed by atoms with Gasteiger partial charge in [-0.2, -0.15) is 4.57 Å². The minimum Gasteiger partial charge on any atom is -0.356 e. The number of fused-ring (bicyclic) bond motifs is 1. The lowest BCUT2D eigenvalue weighted by Crippen LogP contribution is -2.32. The third-order valence-electron chi connectivity index (χ3n) is 2.31. The van der Waals surface area contributed by atoms with Crippen molar-refractivity contribution in [3.05, 3.63) is 30.7 Å². The predicted octanol–water partition coefficient (Wildman–Crippen LogP) is 1.83. The smallest absolute Gasteiger partial charge is 0.215 e. The summed E-state index contributed by atoms with van der Waals surface area (Å²) in [6, 6.07) is 4.34. The largest absolute Gasteiger partial charge is 0.356 e. The Morgan fingerprint density at radius 3 is 3.00 bits per heavy atom. The molecule has 0 aromatic carbocycles. The van der Waals surface area contributed by atoms with Gasteiger partial charge in [-0.05, 0) is 0 Å².